The van der Waals surface area contributed by atoms with Gasteiger partial charge in [0.15, 0.2) is 11.5 Å². The first-order valence-corrected chi connectivity index (χ1v) is 11.2. The SMILES string of the molecule is CN(c1cc2c(cn1)OCCO2)C1CCN(CCn2c(=O)cnc3ccc(C#N)cc32)CC1. The molecular formula is C24H26N6O3. The molecule has 5 rings (SSSR count). The summed E-state index contributed by atoms with van der Waals surface area (Å²) in [6, 6.07) is 9.74. The molecule has 170 valence electrons. The molecule has 2 aliphatic heterocycles. The zero-order chi connectivity index (χ0) is 22.8. The van der Waals surface area contributed by atoms with Crippen molar-refractivity contribution in [1.29, 1.82) is 5.26 Å². The molecule has 0 spiro atoms. The number of benzene rings is 1. The summed E-state index contributed by atoms with van der Waals surface area (Å²) in [5, 5.41) is 9.21. The number of aromatic nitrogens is 3. The molecule has 4 heterocycles. The molecule has 0 N–H and O–H groups in total. The first-order chi connectivity index (χ1) is 16.1. The molecule has 0 bridgehead atoms. The van der Waals surface area contributed by atoms with Gasteiger partial charge in [0.25, 0.3) is 5.56 Å². The fourth-order valence-electron chi connectivity index (χ4n) is 4.55. The maximum Gasteiger partial charge on any atom is 0.269 e. The summed E-state index contributed by atoms with van der Waals surface area (Å²) in [6.45, 7) is 4.35. The molecule has 33 heavy (non-hydrogen) atoms. The quantitative estimate of drug-likeness (QED) is 0.587. The normalized spacial score (nSPS) is 16.5. The lowest BCUT2D eigenvalue weighted by atomic mass is 10.0. The van der Waals surface area contributed by atoms with Crippen molar-refractivity contribution in [2.45, 2.75) is 25.4 Å². The number of nitrogens with zero attached hydrogens (tertiary/aromatic N) is 6. The first kappa shape index (κ1) is 21.2. The Morgan fingerprint density at radius 2 is 1.88 bits per heavy atom. The number of nitriles is 1. The molecule has 2 aromatic heterocycles. The number of ether oxygens (including phenoxy) is 2. The van der Waals surface area contributed by atoms with E-state index in [0.717, 1.165) is 49.6 Å². The van der Waals surface area contributed by atoms with Gasteiger partial charge in [0.2, 0.25) is 0 Å². The molecule has 0 amide bonds. The molecule has 9 heteroatoms. The van der Waals surface area contributed by atoms with Crippen LogP contribution in [0.4, 0.5) is 5.82 Å². The molecular weight excluding hydrogens is 420 g/mol. The Balaban J connectivity index is 1.21. The fraction of sp³-hybridized carbons (Fsp3) is 0.417. The van der Waals surface area contributed by atoms with Gasteiger partial charge in [-0.2, -0.15) is 5.26 Å². The molecule has 0 radical (unpaired) electrons. The van der Waals surface area contributed by atoms with Crippen LogP contribution in [0.2, 0.25) is 0 Å². The highest BCUT2D eigenvalue weighted by molar-refractivity contribution is 5.76. The van der Waals surface area contributed by atoms with Gasteiger partial charge in [-0.15, -0.1) is 0 Å². The summed E-state index contributed by atoms with van der Waals surface area (Å²) >= 11 is 0. The van der Waals surface area contributed by atoms with Crippen LogP contribution in [0.5, 0.6) is 11.5 Å². The Kier molecular flexibility index (Phi) is 5.84. The molecule has 0 atom stereocenters. The van der Waals surface area contributed by atoms with Crippen molar-refractivity contribution in [3.8, 4) is 17.6 Å². The van der Waals surface area contributed by atoms with Crippen LogP contribution >= 0.6 is 0 Å². The minimum absolute atomic E-state index is 0.142. The number of fused-ring (bicyclic) bond motifs is 2. The van der Waals surface area contributed by atoms with Gasteiger partial charge in [-0.05, 0) is 31.0 Å². The summed E-state index contributed by atoms with van der Waals surface area (Å²) in [5.41, 5.74) is 1.82. The van der Waals surface area contributed by atoms with Crippen LogP contribution < -0.4 is 19.9 Å². The largest absolute Gasteiger partial charge is 0.486 e. The lowest BCUT2D eigenvalue weighted by molar-refractivity contribution is 0.170. The van der Waals surface area contributed by atoms with Crippen LogP contribution in [0, 0.1) is 11.3 Å². The van der Waals surface area contributed by atoms with E-state index in [4.69, 9.17) is 9.47 Å². The van der Waals surface area contributed by atoms with Crippen molar-refractivity contribution < 1.29 is 9.47 Å². The third kappa shape index (κ3) is 4.34. The Bertz CT molecular complexity index is 1260. The van der Waals surface area contributed by atoms with E-state index in [-0.39, 0.29) is 5.56 Å². The average Bonchev–Trinajstić information content (AvgIpc) is 2.87. The summed E-state index contributed by atoms with van der Waals surface area (Å²) < 4.78 is 13.0. The lowest BCUT2D eigenvalue weighted by Crippen LogP contribution is -2.45. The highest BCUT2D eigenvalue weighted by Gasteiger charge is 2.24. The van der Waals surface area contributed by atoms with E-state index in [1.165, 1.54) is 6.20 Å². The van der Waals surface area contributed by atoms with E-state index in [1.807, 2.05) is 6.07 Å². The molecule has 1 saturated heterocycles. The topological polar surface area (TPSA) is 96.5 Å². The van der Waals surface area contributed by atoms with Crippen LogP contribution in [0.25, 0.3) is 11.0 Å². The lowest BCUT2D eigenvalue weighted by Gasteiger charge is -2.37. The van der Waals surface area contributed by atoms with Crippen LogP contribution in [0.3, 0.4) is 0 Å². The highest BCUT2D eigenvalue weighted by Crippen LogP contribution is 2.33. The Hall–Kier alpha value is -3.64. The maximum atomic E-state index is 12.5. The standard InChI is InChI=1S/C24H26N6O3/c1-28(23-13-21-22(15-27-23)33-11-10-32-21)18-4-6-29(7-5-18)8-9-30-20-12-17(14-25)2-3-19(20)26-16-24(30)31/h2-3,12-13,15-16,18H,4-11H2,1H3. The summed E-state index contributed by atoms with van der Waals surface area (Å²) in [7, 11) is 2.08. The Morgan fingerprint density at radius 1 is 1.09 bits per heavy atom. The number of hydrogen-bond donors (Lipinski definition) is 0. The third-order valence-electron chi connectivity index (χ3n) is 6.50. The van der Waals surface area contributed by atoms with Gasteiger partial charge < -0.3 is 23.8 Å². The van der Waals surface area contributed by atoms with Crippen molar-refractivity contribution >= 4 is 16.9 Å². The van der Waals surface area contributed by atoms with Crippen LogP contribution in [-0.2, 0) is 6.54 Å². The van der Waals surface area contributed by atoms with Crippen LogP contribution in [0.15, 0.2) is 41.5 Å². The van der Waals surface area contributed by atoms with Gasteiger partial charge in [-0.25, -0.2) is 9.97 Å². The second kappa shape index (κ2) is 9.08. The predicted molar refractivity (Wildman–Crippen MR) is 124 cm³/mol. The smallest absolute Gasteiger partial charge is 0.269 e. The van der Waals surface area contributed by atoms with E-state index in [9.17, 15) is 10.1 Å². The van der Waals surface area contributed by atoms with Crippen molar-refractivity contribution in [3.05, 3.63) is 52.6 Å². The first-order valence-electron chi connectivity index (χ1n) is 11.2. The summed E-state index contributed by atoms with van der Waals surface area (Å²) in [6.07, 6.45) is 5.12. The minimum Gasteiger partial charge on any atom is -0.486 e. The zero-order valence-corrected chi connectivity index (χ0v) is 18.6. The van der Waals surface area contributed by atoms with Crippen molar-refractivity contribution in [1.82, 2.24) is 19.4 Å². The number of rotatable bonds is 5. The van der Waals surface area contributed by atoms with Gasteiger partial charge in [-0.1, -0.05) is 0 Å². The number of pyridine rings is 1. The molecule has 0 unspecified atom stereocenters. The van der Waals surface area contributed by atoms with E-state index >= 15 is 0 Å². The monoisotopic (exact) mass is 446 g/mol. The highest BCUT2D eigenvalue weighted by atomic mass is 16.6. The second-order valence-corrected chi connectivity index (χ2v) is 8.43. The fourth-order valence-corrected chi connectivity index (χ4v) is 4.55. The van der Waals surface area contributed by atoms with E-state index < -0.39 is 0 Å². The Labute approximate surface area is 191 Å². The molecule has 2 aliphatic rings. The average molecular weight is 447 g/mol. The van der Waals surface area contributed by atoms with E-state index in [1.54, 1.807) is 29.0 Å². The van der Waals surface area contributed by atoms with E-state index in [2.05, 4.69) is 32.9 Å². The van der Waals surface area contributed by atoms with Crippen molar-refractivity contribution in [3.63, 3.8) is 0 Å². The molecule has 9 nitrogen and oxygen atoms in total. The van der Waals surface area contributed by atoms with Gasteiger partial charge in [0.1, 0.15) is 19.0 Å². The van der Waals surface area contributed by atoms with Gasteiger partial charge in [0, 0.05) is 45.3 Å². The summed E-state index contributed by atoms with van der Waals surface area (Å²) in [4.78, 5) is 25.8. The van der Waals surface area contributed by atoms with E-state index in [0.29, 0.717) is 42.6 Å². The molecule has 0 saturated carbocycles. The van der Waals surface area contributed by atoms with Crippen molar-refractivity contribution in [2.75, 3.05) is 44.8 Å². The Morgan fingerprint density at radius 3 is 2.67 bits per heavy atom. The molecule has 1 fully saturated rings. The maximum absolute atomic E-state index is 12.5. The number of anilines is 1. The molecule has 1 aromatic carbocycles. The van der Waals surface area contributed by atoms with Crippen LogP contribution in [0.1, 0.15) is 18.4 Å². The second-order valence-electron chi connectivity index (χ2n) is 8.43. The number of hydrogen-bond acceptors (Lipinski definition) is 8. The third-order valence-corrected chi connectivity index (χ3v) is 6.50. The summed E-state index contributed by atoms with van der Waals surface area (Å²) in [5.74, 6) is 2.35. The zero-order valence-electron chi connectivity index (χ0n) is 18.6. The van der Waals surface area contributed by atoms with Gasteiger partial charge in [0.05, 0.1) is 35.1 Å². The number of likely N-dealkylation sites (tertiary alicyclic amines) is 1. The predicted octanol–water partition coefficient (Wildman–Crippen LogP) is 2.04. The van der Waals surface area contributed by atoms with Crippen LogP contribution in [-0.4, -0.2) is 65.4 Å². The molecule has 3 aromatic rings. The van der Waals surface area contributed by atoms with Gasteiger partial charge >= 0.3 is 0 Å². The van der Waals surface area contributed by atoms with Gasteiger partial charge in [-0.3, -0.25) is 4.79 Å². The van der Waals surface area contributed by atoms with Crippen molar-refractivity contribution in [2.24, 2.45) is 0 Å². The number of piperidine rings is 1. The molecule has 0 aliphatic carbocycles. The minimum atomic E-state index is -0.142.